The van der Waals surface area contributed by atoms with Gasteiger partial charge < -0.3 is 5.32 Å². The molecule has 1 fully saturated rings. The van der Waals surface area contributed by atoms with Gasteiger partial charge in [0.1, 0.15) is 5.78 Å². The third kappa shape index (κ3) is 2.80. The SMILES string of the molecule is CC1CNCC(C(=O)C(C)(C)C)C1. The highest BCUT2D eigenvalue weighted by molar-refractivity contribution is 5.86. The highest BCUT2D eigenvalue weighted by atomic mass is 16.1. The Kier molecular flexibility index (Phi) is 3.12. The molecule has 0 bridgehead atoms. The number of piperidine rings is 1. The zero-order valence-electron chi connectivity index (χ0n) is 9.18. The molecule has 0 radical (unpaired) electrons. The Bertz CT molecular complexity index is 193. The number of carbonyl (C=O) groups is 1. The van der Waals surface area contributed by atoms with E-state index in [1.807, 2.05) is 20.8 Å². The van der Waals surface area contributed by atoms with Gasteiger partial charge in [0.15, 0.2) is 0 Å². The first-order chi connectivity index (χ1) is 5.91. The van der Waals surface area contributed by atoms with Crippen LogP contribution < -0.4 is 5.32 Å². The van der Waals surface area contributed by atoms with Gasteiger partial charge in [-0.25, -0.2) is 0 Å². The van der Waals surface area contributed by atoms with Gasteiger partial charge in [-0.1, -0.05) is 27.7 Å². The van der Waals surface area contributed by atoms with Crippen molar-refractivity contribution in [2.75, 3.05) is 13.1 Å². The summed E-state index contributed by atoms with van der Waals surface area (Å²) < 4.78 is 0. The van der Waals surface area contributed by atoms with Gasteiger partial charge in [0, 0.05) is 17.9 Å². The summed E-state index contributed by atoms with van der Waals surface area (Å²) >= 11 is 0. The smallest absolute Gasteiger partial charge is 0.142 e. The van der Waals surface area contributed by atoms with E-state index in [2.05, 4.69) is 12.2 Å². The summed E-state index contributed by atoms with van der Waals surface area (Å²) in [5.41, 5.74) is -0.177. The lowest BCUT2D eigenvalue weighted by Crippen LogP contribution is -2.42. The zero-order chi connectivity index (χ0) is 10.1. The fraction of sp³-hybridized carbons (Fsp3) is 0.909. The first-order valence-corrected chi connectivity index (χ1v) is 5.16. The Morgan fingerprint density at radius 2 is 1.92 bits per heavy atom. The zero-order valence-corrected chi connectivity index (χ0v) is 9.18. The molecular weight excluding hydrogens is 162 g/mol. The molecule has 0 aromatic rings. The highest BCUT2D eigenvalue weighted by Gasteiger charge is 2.32. The summed E-state index contributed by atoms with van der Waals surface area (Å²) in [4.78, 5) is 11.9. The lowest BCUT2D eigenvalue weighted by Gasteiger charge is -2.31. The fourth-order valence-corrected chi connectivity index (χ4v) is 1.97. The predicted octanol–water partition coefficient (Wildman–Crippen LogP) is 1.85. The minimum Gasteiger partial charge on any atom is -0.316 e. The van der Waals surface area contributed by atoms with Crippen LogP contribution in [0.5, 0.6) is 0 Å². The van der Waals surface area contributed by atoms with Crippen LogP contribution >= 0.6 is 0 Å². The monoisotopic (exact) mass is 183 g/mol. The predicted molar refractivity (Wildman–Crippen MR) is 54.6 cm³/mol. The second-order valence-corrected chi connectivity index (χ2v) is 5.31. The minimum absolute atomic E-state index is 0.177. The van der Waals surface area contributed by atoms with E-state index in [1.165, 1.54) is 0 Å². The van der Waals surface area contributed by atoms with Crippen LogP contribution in [0.15, 0.2) is 0 Å². The van der Waals surface area contributed by atoms with Gasteiger partial charge in [-0.3, -0.25) is 4.79 Å². The lowest BCUT2D eigenvalue weighted by atomic mass is 9.78. The minimum atomic E-state index is -0.177. The normalized spacial score (nSPS) is 30.2. The second kappa shape index (κ2) is 3.79. The molecule has 0 aromatic carbocycles. The molecular formula is C11H21NO. The first-order valence-electron chi connectivity index (χ1n) is 5.16. The average molecular weight is 183 g/mol. The van der Waals surface area contributed by atoms with Gasteiger partial charge >= 0.3 is 0 Å². The van der Waals surface area contributed by atoms with Crippen LogP contribution in [0.3, 0.4) is 0 Å². The molecule has 1 N–H and O–H groups in total. The van der Waals surface area contributed by atoms with Crippen molar-refractivity contribution in [2.45, 2.75) is 34.1 Å². The van der Waals surface area contributed by atoms with E-state index in [0.29, 0.717) is 11.7 Å². The van der Waals surface area contributed by atoms with Crippen molar-refractivity contribution in [3.05, 3.63) is 0 Å². The molecule has 1 aliphatic heterocycles. The molecule has 1 rings (SSSR count). The second-order valence-electron chi connectivity index (χ2n) is 5.31. The summed E-state index contributed by atoms with van der Waals surface area (Å²) in [5, 5.41) is 3.32. The highest BCUT2D eigenvalue weighted by Crippen LogP contribution is 2.26. The molecule has 76 valence electrons. The van der Waals surface area contributed by atoms with Crippen molar-refractivity contribution in [1.82, 2.24) is 5.32 Å². The maximum Gasteiger partial charge on any atom is 0.142 e. The molecule has 0 aromatic heterocycles. The van der Waals surface area contributed by atoms with Gasteiger partial charge in [-0.05, 0) is 18.9 Å². The maximum atomic E-state index is 11.9. The number of carbonyl (C=O) groups excluding carboxylic acids is 1. The molecule has 1 heterocycles. The summed E-state index contributed by atoms with van der Waals surface area (Å²) in [7, 11) is 0. The van der Waals surface area contributed by atoms with E-state index in [1.54, 1.807) is 0 Å². The van der Waals surface area contributed by atoms with E-state index < -0.39 is 0 Å². The largest absolute Gasteiger partial charge is 0.316 e. The number of nitrogens with one attached hydrogen (secondary N) is 1. The molecule has 13 heavy (non-hydrogen) atoms. The Morgan fingerprint density at radius 3 is 2.38 bits per heavy atom. The first kappa shape index (κ1) is 10.7. The van der Waals surface area contributed by atoms with E-state index in [0.717, 1.165) is 19.5 Å². The van der Waals surface area contributed by atoms with Gasteiger partial charge in [0.25, 0.3) is 0 Å². The van der Waals surface area contributed by atoms with Crippen molar-refractivity contribution in [3.8, 4) is 0 Å². The van der Waals surface area contributed by atoms with Gasteiger partial charge in [-0.2, -0.15) is 0 Å². The van der Waals surface area contributed by atoms with Crippen molar-refractivity contribution < 1.29 is 4.79 Å². The summed E-state index contributed by atoms with van der Waals surface area (Å²) in [5.74, 6) is 1.29. The van der Waals surface area contributed by atoms with Crippen molar-refractivity contribution in [1.29, 1.82) is 0 Å². The molecule has 0 amide bonds. The van der Waals surface area contributed by atoms with Crippen LogP contribution in [-0.2, 0) is 4.79 Å². The topological polar surface area (TPSA) is 29.1 Å². The van der Waals surface area contributed by atoms with Gasteiger partial charge in [0.2, 0.25) is 0 Å². The van der Waals surface area contributed by atoms with Gasteiger partial charge in [-0.15, -0.1) is 0 Å². The van der Waals surface area contributed by atoms with Gasteiger partial charge in [0.05, 0.1) is 0 Å². The third-order valence-electron chi connectivity index (χ3n) is 2.68. The van der Waals surface area contributed by atoms with E-state index in [9.17, 15) is 4.79 Å². The van der Waals surface area contributed by atoms with E-state index in [-0.39, 0.29) is 11.3 Å². The molecule has 2 heteroatoms. The molecule has 2 atom stereocenters. The van der Waals surface area contributed by atoms with Crippen LogP contribution in [0.1, 0.15) is 34.1 Å². The van der Waals surface area contributed by atoms with E-state index in [4.69, 9.17) is 0 Å². The average Bonchev–Trinajstić information content (AvgIpc) is 2.01. The molecule has 2 unspecified atom stereocenters. The number of ketones is 1. The Hall–Kier alpha value is -0.370. The Morgan fingerprint density at radius 1 is 1.31 bits per heavy atom. The van der Waals surface area contributed by atoms with E-state index >= 15 is 0 Å². The molecule has 0 spiro atoms. The molecule has 1 saturated heterocycles. The van der Waals surface area contributed by atoms with Crippen LogP contribution in [0.2, 0.25) is 0 Å². The molecule has 2 nitrogen and oxygen atoms in total. The fourth-order valence-electron chi connectivity index (χ4n) is 1.97. The summed E-state index contributed by atoms with van der Waals surface area (Å²) in [6.07, 6.45) is 1.06. The van der Waals surface area contributed by atoms with Crippen LogP contribution in [0.4, 0.5) is 0 Å². The standard InChI is InChI=1S/C11H21NO/c1-8-5-9(7-12-6-8)10(13)11(2,3)4/h8-9,12H,5-7H2,1-4H3. The number of Topliss-reactive ketones (excluding diaryl/α,β-unsaturated/α-hetero) is 1. The van der Waals surface area contributed by atoms with Crippen molar-refractivity contribution in [2.24, 2.45) is 17.3 Å². The lowest BCUT2D eigenvalue weighted by molar-refractivity contribution is -0.131. The quantitative estimate of drug-likeness (QED) is 0.672. The number of hydrogen-bond donors (Lipinski definition) is 1. The number of rotatable bonds is 1. The maximum absolute atomic E-state index is 11.9. The Labute approximate surface area is 81.1 Å². The summed E-state index contributed by atoms with van der Waals surface area (Å²) in [6, 6.07) is 0. The number of hydrogen-bond acceptors (Lipinski definition) is 2. The third-order valence-corrected chi connectivity index (χ3v) is 2.68. The Balaban J connectivity index is 2.56. The summed E-state index contributed by atoms with van der Waals surface area (Å²) in [6.45, 7) is 10.2. The van der Waals surface area contributed by atoms with Crippen LogP contribution in [-0.4, -0.2) is 18.9 Å². The molecule has 1 aliphatic rings. The molecule has 0 saturated carbocycles. The van der Waals surface area contributed by atoms with Crippen LogP contribution in [0.25, 0.3) is 0 Å². The van der Waals surface area contributed by atoms with Crippen molar-refractivity contribution >= 4 is 5.78 Å². The molecule has 0 aliphatic carbocycles. The van der Waals surface area contributed by atoms with Crippen LogP contribution in [0, 0.1) is 17.3 Å². The van der Waals surface area contributed by atoms with Crippen molar-refractivity contribution in [3.63, 3.8) is 0 Å².